The number of hydrogen-bond acceptors (Lipinski definition) is 3. The molecule has 4 nitrogen and oxygen atoms in total. The summed E-state index contributed by atoms with van der Waals surface area (Å²) in [5.74, 6) is -0.415. The number of amides is 2. The van der Waals surface area contributed by atoms with E-state index in [4.69, 9.17) is 17.3 Å². The molecule has 20 heavy (non-hydrogen) atoms. The van der Waals surface area contributed by atoms with Gasteiger partial charge >= 0.3 is 0 Å². The Labute approximate surface area is 122 Å². The Morgan fingerprint density at radius 1 is 1.25 bits per heavy atom. The van der Waals surface area contributed by atoms with Crippen molar-refractivity contribution in [3.8, 4) is 0 Å². The van der Waals surface area contributed by atoms with Gasteiger partial charge in [0.25, 0.3) is 0 Å². The molecule has 3 rings (SSSR count). The monoisotopic (exact) mass is 292 g/mol. The molecule has 1 heterocycles. The van der Waals surface area contributed by atoms with Gasteiger partial charge in [0, 0.05) is 11.6 Å². The SMILES string of the molecule is CC1(C)C2C(=O)N(Cc3ccc(CN)cc3Cl)C(=O)C21. The summed E-state index contributed by atoms with van der Waals surface area (Å²) in [6.45, 7) is 4.61. The van der Waals surface area contributed by atoms with Crippen molar-refractivity contribution in [1.82, 2.24) is 4.90 Å². The molecule has 2 aliphatic rings. The van der Waals surface area contributed by atoms with Gasteiger partial charge in [0.1, 0.15) is 0 Å². The molecule has 1 aliphatic heterocycles. The number of nitrogens with zero attached hydrogens (tertiary/aromatic N) is 1. The van der Waals surface area contributed by atoms with Crippen LogP contribution in [0, 0.1) is 17.3 Å². The van der Waals surface area contributed by atoms with Crippen LogP contribution in [0.15, 0.2) is 18.2 Å². The molecular weight excluding hydrogens is 276 g/mol. The number of fused-ring (bicyclic) bond motifs is 1. The van der Waals surface area contributed by atoms with Gasteiger partial charge in [-0.1, -0.05) is 37.6 Å². The van der Waals surface area contributed by atoms with E-state index in [1.165, 1.54) is 4.90 Å². The zero-order valence-corrected chi connectivity index (χ0v) is 12.3. The van der Waals surface area contributed by atoms with Crippen LogP contribution in [0.4, 0.5) is 0 Å². The lowest BCUT2D eigenvalue weighted by Crippen LogP contribution is -2.35. The lowest BCUT2D eigenvalue weighted by molar-refractivity contribution is -0.143. The molecule has 1 saturated heterocycles. The molecule has 1 saturated carbocycles. The maximum absolute atomic E-state index is 12.3. The third kappa shape index (κ3) is 1.79. The summed E-state index contributed by atoms with van der Waals surface area (Å²) >= 11 is 6.18. The van der Waals surface area contributed by atoms with Crippen molar-refractivity contribution in [3.63, 3.8) is 0 Å². The second kappa shape index (κ2) is 4.30. The van der Waals surface area contributed by atoms with E-state index in [1.54, 1.807) is 6.07 Å². The number of halogens is 1. The van der Waals surface area contributed by atoms with Crippen molar-refractivity contribution < 1.29 is 9.59 Å². The van der Waals surface area contributed by atoms with E-state index in [-0.39, 0.29) is 35.6 Å². The van der Waals surface area contributed by atoms with Crippen LogP contribution in [0.2, 0.25) is 5.02 Å². The number of imide groups is 1. The number of likely N-dealkylation sites (tertiary alicyclic amines) is 1. The standard InChI is InChI=1S/C15H17ClN2O2/c1-15(2)11-12(15)14(20)18(13(11)19)7-9-4-3-8(6-17)5-10(9)16/h3-5,11-12H,6-7,17H2,1-2H3. The van der Waals surface area contributed by atoms with Crippen LogP contribution < -0.4 is 5.73 Å². The Kier molecular flexibility index (Phi) is 2.92. The first-order valence-electron chi connectivity index (χ1n) is 6.70. The third-order valence-electron chi connectivity index (χ3n) is 4.57. The largest absolute Gasteiger partial charge is 0.326 e. The Hall–Kier alpha value is -1.39. The van der Waals surface area contributed by atoms with Crippen LogP contribution in [0.5, 0.6) is 0 Å². The first-order chi connectivity index (χ1) is 9.37. The second-order valence-electron chi connectivity index (χ2n) is 6.17. The van der Waals surface area contributed by atoms with Crippen molar-refractivity contribution in [3.05, 3.63) is 34.3 Å². The van der Waals surface area contributed by atoms with E-state index in [9.17, 15) is 9.59 Å². The lowest BCUT2D eigenvalue weighted by Gasteiger charge is -2.21. The summed E-state index contributed by atoms with van der Waals surface area (Å²) in [7, 11) is 0. The zero-order valence-electron chi connectivity index (χ0n) is 11.5. The topological polar surface area (TPSA) is 63.4 Å². The molecule has 1 aliphatic carbocycles. The highest BCUT2D eigenvalue weighted by Crippen LogP contribution is 2.63. The van der Waals surface area contributed by atoms with Crippen LogP contribution >= 0.6 is 11.6 Å². The predicted molar refractivity (Wildman–Crippen MR) is 75.7 cm³/mol. The molecule has 106 valence electrons. The van der Waals surface area contributed by atoms with Gasteiger partial charge in [0.05, 0.1) is 18.4 Å². The van der Waals surface area contributed by atoms with Gasteiger partial charge in [-0.25, -0.2) is 0 Å². The lowest BCUT2D eigenvalue weighted by atomic mass is 10.0. The molecule has 1 aromatic rings. The molecule has 0 bridgehead atoms. The van der Waals surface area contributed by atoms with Gasteiger partial charge in [-0.05, 0) is 22.6 Å². The number of nitrogens with two attached hydrogens (primary N) is 1. The van der Waals surface area contributed by atoms with Crippen molar-refractivity contribution in [2.45, 2.75) is 26.9 Å². The maximum Gasteiger partial charge on any atom is 0.233 e. The quantitative estimate of drug-likeness (QED) is 0.866. The molecule has 5 heteroatoms. The Balaban J connectivity index is 1.80. The van der Waals surface area contributed by atoms with Crippen molar-refractivity contribution in [2.75, 3.05) is 0 Å². The van der Waals surface area contributed by atoms with Crippen LogP contribution in [0.1, 0.15) is 25.0 Å². The van der Waals surface area contributed by atoms with Gasteiger partial charge in [0.2, 0.25) is 11.8 Å². The number of carbonyl (C=O) groups is 2. The van der Waals surface area contributed by atoms with Gasteiger partial charge < -0.3 is 5.73 Å². The van der Waals surface area contributed by atoms with E-state index in [1.807, 2.05) is 26.0 Å². The number of carbonyl (C=O) groups excluding carboxylic acids is 2. The number of benzene rings is 1. The van der Waals surface area contributed by atoms with E-state index < -0.39 is 0 Å². The predicted octanol–water partition coefficient (Wildman–Crippen LogP) is 1.94. The summed E-state index contributed by atoms with van der Waals surface area (Å²) in [5, 5.41) is 0.549. The molecule has 0 radical (unpaired) electrons. The minimum absolute atomic E-state index is 0.0658. The highest BCUT2D eigenvalue weighted by Gasteiger charge is 2.72. The van der Waals surface area contributed by atoms with Crippen LogP contribution in [-0.4, -0.2) is 16.7 Å². The van der Waals surface area contributed by atoms with E-state index in [0.29, 0.717) is 11.6 Å². The zero-order chi connectivity index (χ0) is 14.7. The average molecular weight is 293 g/mol. The van der Waals surface area contributed by atoms with Crippen LogP contribution in [0.25, 0.3) is 0 Å². The first-order valence-corrected chi connectivity index (χ1v) is 7.08. The Bertz CT molecular complexity index is 588. The summed E-state index contributed by atoms with van der Waals surface area (Å²) in [6.07, 6.45) is 0. The first kappa shape index (κ1) is 13.6. The van der Waals surface area contributed by atoms with E-state index in [0.717, 1.165) is 11.1 Å². The minimum Gasteiger partial charge on any atom is -0.326 e. The van der Waals surface area contributed by atoms with Gasteiger partial charge in [-0.15, -0.1) is 0 Å². The molecule has 2 fully saturated rings. The van der Waals surface area contributed by atoms with Crippen molar-refractivity contribution in [1.29, 1.82) is 0 Å². The van der Waals surface area contributed by atoms with Crippen molar-refractivity contribution >= 4 is 23.4 Å². The smallest absolute Gasteiger partial charge is 0.233 e. The normalized spacial score (nSPS) is 26.9. The molecule has 2 unspecified atom stereocenters. The summed E-state index contributed by atoms with van der Waals surface area (Å²) < 4.78 is 0. The fourth-order valence-electron chi connectivity index (χ4n) is 3.18. The van der Waals surface area contributed by atoms with Gasteiger partial charge in [-0.3, -0.25) is 14.5 Å². The minimum atomic E-state index is -0.169. The fourth-order valence-corrected chi connectivity index (χ4v) is 3.44. The Morgan fingerprint density at radius 2 is 1.85 bits per heavy atom. The number of rotatable bonds is 3. The van der Waals surface area contributed by atoms with E-state index in [2.05, 4.69) is 0 Å². The molecule has 2 atom stereocenters. The molecule has 2 N–H and O–H groups in total. The molecule has 0 spiro atoms. The molecular formula is C15H17ClN2O2. The maximum atomic E-state index is 12.3. The van der Waals surface area contributed by atoms with Crippen molar-refractivity contribution in [2.24, 2.45) is 23.0 Å². The summed E-state index contributed by atoms with van der Waals surface area (Å²) in [5.41, 5.74) is 7.10. The van der Waals surface area contributed by atoms with Gasteiger partial charge in [-0.2, -0.15) is 0 Å². The van der Waals surface area contributed by atoms with Crippen LogP contribution in [-0.2, 0) is 22.7 Å². The Morgan fingerprint density at radius 3 is 2.35 bits per heavy atom. The highest BCUT2D eigenvalue weighted by atomic mass is 35.5. The van der Waals surface area contributed by atoms with E-state index >= 15 is 0 Å². The molecule has 0 aromatic heterocycles. The third-order valence-corrected chi connectivity index (χ3v) is 4.93. The average Bonchev–Trinajstić information content (AvgIpc) is 2.87. The second-order valence-corrected chi connectivity index (χ2v) is 6.58. The summed E-state index contributed by atoms with van der Waals surface area (Å²) in [4.78, 5) is 25.8. The number of piperidine rings is 1. The van der Waals surface area contributed by atoms with Gasteiger partial charge in [0.15, 0.2) is 0 Å². The highest BCUT2D eigenvalue weighted by molar-refractivity contribution is 6.31. The molecule has 2 amide bonds. The molecule has 1 aromatic carbocycles. The number of hydrogen-bond donors (Lipinski definition) is 1. The fraction of sp³-hybridized carbons (Fsp3) is 0.467. The summed E-state index contributed by atoms with van der Waals surface area (Å²) in [6, 6.07) is 5.49. The van der Waals surface area contributed by atoms with Crippen LogP contribution in [0.3, 0.4) is 0 Å².